The van der Waals surface area contributed by atoms with Gasteiger partial charge in [-0.05, 0) is 63.7 Å². The Morgan fingerprint density at radius 2 is 1.67 bits per heavy atom. The van der Waals surface area contributed by atoms with Crippen molar-refractivity contribution < 1.29 is 8.42 Å². The molecule has 1 aliphatic carbocycles. The Morgan fingerprint density at radius 1 is 1.00 bits per heavy atom. The van der Waals surface area contributed by atoms with Crippen LogP contribution in [0.4, 0.5) is 0 Å². The highest BCUT2D eigenvalue weighted by atomic mass is 32.2. The van der Waals surface area contributed by atoms with Crippen molar-refractivity contribution in [3.8, 4) is 0 Å². The van der Waals surface area contributed by atoms with Crippen molar-refractivity contribution in [1.82, 2.24) is 9.62 Å². The normalized spacial score (nSPS) is 26.4. The van der Waals surface area contributed by atoms with Crippen LogP contribution >= 0.6 is 0 Å². The largest absolute Gasteiger partial charge is 0.300 e. The summed E-state index contributed by atoms with van der Waals surface area (Å²) >= 11 is 0. The Hall–Kier alpha value is -0.910. The predicted octanol–water partition coefficient (Wildman–Crippen LogP) is 3.32. The summed E-state index contributed by atoms with van der Waals surface area (Å²) in [5, 5.41) is 0. The molecule has 1 saturated carbocycles. The van der Waals surface area contributed by atoms with Gasteiger partial charge in [0.05, 0.1) is 4.90 Å². The number of rotatable bonds is 5. The van der Waals surface area contributed by atoms with Gasteiger partial charge >= 0.3 is 0 Å². The Balaban J connectivity index is 1.63. The van der Waals surface area contributed by atoms with Crippen LogP contribution in [0.25, 0.3) is 0 Å². The molecule has 0 aromatic heterocycles. The van der Waals surface area contributed by atoms with E-state index in [9.17, 15) is 8.42 Å². The van der Waals surface area contributed by atoms with Crippen molar-refractivity contribution in [1.29, 1.82) is 0 Å². The smallest absolute Gasteiger partial charge is 0.240 e. The average Bonchev–Trinajstić information content (AvgIpc) is 2.61. The third-order valence-electron chi connectivity index (χ3n) is 5.60. The number of aryl methyl sites for hydroxylation is 1. The van der Waals surface area contributed by atoms with E-state index >= 15 is 0 Å². The Labute approximate surface area is 146 Å². The number of hydrogen-bond acceptors (Lipinski definition) is 3. The van der Waals surface area contributed by atoms with Crippen LogP contribution in [0.3, 0.4) is 0 Å². The fraction of sp³-hybridized carbons (Fsp3) is 0.684. The van der Waals surface area contributed by atoms with Gasteiger partial charge in [-0.1, -0.05) is 37.0 Å². The second-order valence-electron chi connectivity index (χ2n) is 7.37. The van der Waals surface area contributed by atoms with Gasteiger partial charge in [0.2, 0.25) is 10.0 Å². The molecule has 2 atom stereocenters. The lowest BCUT2D eigenvalue weighted by Gasteiger charge is -2.42. The van der Waals surface area contributed by atoms with Crippen LogP contribution in [0.1, 0.15) is 50.5 Å². The first-order valence-corrected chi connectivity index (χ1v) is 10.8. The first-order chi connectivity index (χ1) is 11.6. The van der Waals surface area contributed by atoms with Crippen molar-refractivity contribution in [3.05, 3.63) is 29.8 Å². The molecule has 1 heterocycles. The summed E-state index contributed by atoms with van der Waals surface area (Å²) < 4.78 is 28.0. The molecule has 1 N–H and O–H groups in total. The molecule has 3 rings (SSSR count). The van der Waals surface area contributed by atoms with Gasteiger partial charge in [0.1, 0.15) is 0 Å². The van der Waals surface area contributed by atoms with Crippen LogP contribution in [-0.2, 0) is 10.0 Å². The molecule has 0 bridgehead atoms. The zero-order valence-corrected chi connectivity index (χ0v) is 15.5. The predicted molar refractivity (Wildman–Crippen MR) is 97.5 cm³/mol. The minimum Gasteiger partial charge on any atom is -0.300 e. The first-order valence-electron chi connectivity index (χ1n) is 9.37. The summed E-state index contributed by atoms with van der Waals surface area (Å²) in [6.45, 7) is 4.91. The van der Waals surface area contributed by atoms with E-state index < -0.39 is 10.0 Å². The molecule has 1 aromatic carbocycles. The molecule has 0 radical (unpaired) electrons. The molecule has 2 aliphatic rings. The van der Waals surface area contributed by atoms with Crippen LogP contribution in [0, 0.1) is 12.8 Å². The topological polar surface area (TPSA) is 49.4 Å². The molecule has 2 fully saturated rings. The number of nitrogens with zero attached hydrogens (tertiary/aromatic N) is 1. The Morgan fingerprint density at radius 3 is 2.38 bits per heavy atom. The highest BCUT2D eigenvalue weighted by Gasteiger charge is 2.31. The van der Waals surface area contributed by atoms with E-state index in [0.29, 0.717) is 23.4 Å². The van der Waals surface area contributed by atoms with Gasteiger partial charge < -0.3 is 4.90 Å². The Bertz CT molecular complexity index is 621. The fourth-order valence-electron chi connectivity index (χ4n) is 4.17. The molecule has 0 unspecified atom stereocenters. The summed E-state index contributed by atoms with van der Waals surface area (Å²) in [5.41, 5.74) is 1.08. The van der Waals surface area contributed by atoms with E-state index in [1.165, 1.54) is 51.6 Å². The van der Waals surface area contributed by atoms with E-state index in [-0.39, 0.29) is 0 Å². The second kappa shape index (κ2) is 7.98. The molecule has 0 spiro atoms. The maximum absolute atomic E-state index is 12.5. The molecule has 1 saturated heterocycles. The number of benzene rings is 1. The van der Waals surface area contributed by atoms with Crippen LogP contribution in [-0.4, -0.2) is 39.0 Å². The quantitative estimate of drug-likeness (QED) is 0.886. The van der Waals surface area contributed by atoms with E-state index in [1.54, 1.807) is 12.1 Å². The minimum atomic E-state index is -3.40. The molecule has 134 valence electrons. The fourth-order valence-corrected chi connectivity index (χ4v) is 5.27. The summed E-state index contributed by atoms with van der Waals surface area (Å²) in [6.07, 6.45) is 8.78. The lowest BCUT2D eigenvalue weighted by Crippen LogP contribution is -2.48. The number of nitrogens with one attached hydrogen (secondary N) is 1. The summed E-state index contributed by atoms with van der Waals surface area (Å²) in [6, 6.07) is 7.65. The van der Waals surface area contributed by atoms with Gasteiger partial charge in [0, 0.05) is 12.6 Å². The van der Waals surface area contributed by atoms with Crippen LogP contribution in [0.15, 0.2) is 29.2 Å². The van der Waals surface area contributed by atoms with Gasteiger partial charge in [-0.2, -0.15) is 0 Å². The molecule has 5 heteroatoms. The molecule has 24 heavy (non-hydrogen) atoms. The summed E-state index contributed by atoms with van der Waals surface area (Å²) in [4.78, 5) is 2.99. The zero-order valence-electron chi connectivity index (χ0n) is 14.7. The number of likely N-dealkylation sites (tertiary alicyclic amines) is 1. The third kappa shape index (κ3) is 4.38. The van der Waals surface area contributed by atoms with E-state index in [4.69, 9.17) is 0 Å². The standard InChI is InChI=1S/C19H30N2O2S/c1-16-9-11-18(12-10-16)24(22,23)20-15-17-7-3-4-8-19(17)21-13-5-2-6-14-21/h9-12,17,19-20H,2-8,13-15H2,1H3/t17-,19-/m0/s1. The Kier molecular flexibility index (Phi) is 5.95. The maximum atomic E-state index is 12.5. The van der Waals surface area contributed by atoms with Crippen molar-refractivity contribution in [3.63, 3.8) is 0 Å². The third-order valence-corrected chi connectivity index (χ3v) is 7.03. The van der Waals surface area contributed by atoms with Crippen LogP contribution in [0.5, 0.6) is 0 Å². The molecule has 1 aliphatic heterocycles. The number of hydrogen-bond donors (Lipinski definition) is 1. The highest BCUT2D eigenvalue weighted by Crippen LogP contribution is 2.30. The molecule has 0 amide bonds. The van der Waals surface area contributed by atoms with Gasteiger partial charge in [0.25, 0.3) is 0 Å². The molecule has 4 nitrogen and oxygen atoms in total. The number of piperidine rings is 1. The van der Waals surface area contributed by atoms with E-state index in [2.05, 4.69) is 9.62 Å². The van der Waals surface area contributed by atoms with Crippen LogP contribution < -0.4 is 4.72 Å². The molecular formula is C19H30N2O2S. The maximum Gasteiger partial charge on any atom is 0.240 e. The average molecular weight is 351 g/mol. The number of sulfonamides is 1. The summed E-state index contributed by atoms with van der Waals surface area (Å²) in [7, 11) is -3.40. The van der Waals surface area contributed by atoms with Crippen molar-refractivity contribution >= 4 is 10.0 Å². The zero-order chi connectivity index (χ0) is 17.0. The van der Waals surface area contributed by atoms with Gasteiger partial charge in [0.15, 0.2) is 0 Å². The lowest BCUT2D eigenvalue weighted by atomic mass is 9.83. The first kappa shape index (κ1) is 17.9. The van der Waals surface area contributed by atoms with E-state index in [1.807, 2.05) is 19.1 Å². The van der Waals surface area contributed by atoms with E-state index in [0.717, 1.165) is 12.0 Å². The van der Waals surface area contributed by atoms with Gasteiger partial charge in [-0.15, -0.1) is 0 Å². The minimum absolute atomic E-state index is 0.374. The monoisotopic (exact) mass is 350 g/mol. The SMILES string of the molecule is Cc1ccc(S(=O)(=O)NC[C@@H]2CCCC[C@@H]2N2CCCCC2)cc1. The van der Waals surface area contributed by atoms with Crippen LogP contribution in [0.2, 0.25) is 0 Å². The van der Waals surface area contributed by atoms with Gasteiger partial charge in [-0.3, -0.25) is 0 Å². The second-order valence-corrected chi connectivity index (χ2v) is 9.14. The molecular weight excluding hydrogens is 320 g/mol. The lowest BCUT2D eigenvalue weighted by molar-refractivity contribution is 0.0865. The van der Waals surface area contributed by atoms with Crippen molar-refractivity contribution in [2.45, 2.75) is 62.8 Å². The molecule has 1 aromatic rings. The van der Waals surface area contributed by atoms with Crippen molar-refractivity contribution in [2.24, 2.45) is 5.92 Å². The summed E-state index contributed by atoms with van der Waals surface area (Å²) in [5.74, 6) is 0.442. The van der Waals surface area contributed by atoms with Gasteiger partial charge in [-0.25, -0.2) is 13.1 Å². The highest BCUT2D eigenvalue weighted by molar-refractivity contribution is 7.89. The van der Waals surface area contributed by atoms with Crippen molar-refractivity contribution in [2.75, 3.05) is 19.6 Å².